The van der Waals surface area contributed by atoms with Gasteiger partial charge in [-0.3, -0.25) is 4.79 Å². The van der Waals surface area contributed by atoms with Crippen LogP contribution < -0.4 is 16.0 Å². The molecule has 0 bridgehead atoms. The van der Waals surface area contributed by atoms with E-state index in [1.165, 1.54) is 12.1 Å². The average Bonchev–Trinajstić information content (AvgIpc) is 3.21. The Labute approximate surface area is 141 Å². The van der Waals surface area contributed by atoms with Crippen LogP contribution in [0.15, 0.2) is 18.2 Å². The number of urea groups is 1. The van der Waals surface area contributed by atoms with Gasteiger partial charge in [0.15, 0.2) is 0 Å². The van der Waals surface area contributed by atoms with Gasteiger partial charge in [0.2, 0.25) is 5.91 Å². The van der Waals surface area contributed by atoms with Gasteiger partial charge in [0.25, 0.3) is 0 Å². The molecule has 3 amide bonds. The highest BCUT2D eigenvalue weighted by Gasteiger charge is 2.24. The molecule has 2 aliphatic rings. The van der Waals surface area contributed by atoms with Gasteiger partial charge < -0.3 is 16.0 Å². The van der Waals surface area contributed by atoms with Gasteiger partial charge in [0.05, 0.1) is 6.04 Å². The van der Waals surface area contributed by atoms with Gasteiger partial charge in [-0.2, -0.15) is 0 Å². The molecule has 3 N–H and O–H groups in total. The van der Waals surface area contributed by atoms with Crippen molar-refractivity contribution in [1.29, 1.82) is 0 Å². The van der Waals surface area contributed by atoms with Crippen molar-refractivity contribution in [2.75, 3.05) is 13.1 Å². The Kier molecular flexibility index (Phi) is 5.33. The predicted octanol–water partition coefficient (Wildman–Crippen LogP) is 2.42. The molecule has 5 nitrogen and oxygen atoms in total. The molecule has 1 aromatic rings. The van der Waals surface area contributed by atoms with Crippen molar-refractivity contribution < 1.29 is 14.0 Å². The molecule has 1 fully saturated rings. The Morgan fingerprint density at radius 3 is 2.62 bits per heavy atom. The maximum atomic E-state index is 13.2. The molecule has 1 aromatic carbocycles. The van der Waals surface area contributed by atoms with E-state index < -0.39 is 0 Å². The van der Waals surface area contributed by atoms with Crippen LogP contribution in [-0.4, -0.2) is 25.0 Å². The zero-order chi connectivity index (χ0) is 16.9. The molecule has 1 saturated carbocycles. The van der Waals surface area contributed by atoms with E-state index in [1.54, 1.807) is 6.07 Å². The first-order valence-corrected chi connectivity index (χ1v) is 8.74. The van der Waals surface area contributed by atoms with Gasteiger partial charge in [0, 0.05) is 19.0 Å². The first-order valence-electron chi connectivity index (χ1n) is 8.74. The minimum atomic E-state index is -0.257. The lowest BCUT2D eigenvalue weighted by molar-refractivity contribution is -0.124. The Bertz CT molecular complexity index is 614. The number of benzene rings is 1. The number of aryl methyl sites for hydroxylation is 1. The molecule has 0 spiro atoms. The predicted molar refractivity (Wildman–Crippen MR) is 89.0 cm³/mol. The molecule has 3 rings (SSSR count). The number of halogens is 1. The van der Waals surface area contributed by atoms with Crippen molar-refractivity contribution in [2.45, 2.75) is 44.6 Å². The Balaban J connectivity index is 1.37. The summed E-state index contributed by atoms with van der Waals surface area (Å²) in [4.78, 5) is 23.8. The quantitative estimate of drug-likeness (QED) is 0.724. The number of nitrogens with one attached hydrogen (secondary N) is 3. The smallest absolute Gasteiger partial charge is 0.315 e. The van der Waals surface area contributed by atoms with Crippen LogP contribution in [0.5, 0.6) is 0 Å². The molecular formula is C18H24FN3O2. The topological polar surface area (TPSA) is 70.2 Å². The van der Waals surface area contributed by atoms with Crippen LogP contribution in [0.4, 0.5) is 9.18 Å². The summed E-state index contributed by atoms with van der Waals surface area (Å²) in [5, 5.41) is 8.54. The molecule has 0 heterocycles. The largest absolute Gasteiger partial charge is 0.354 e. The average molecular weight is 333 g/mol. The molecule has 0 aromatic heterocycles. The summed E-state index contributed by atoms with van der Waals surface area (Å²) in [5.74, 6) is 0.00697. The Morgan fingerprint density at radius 2 is 1.83 bits per heavy atom. The second-order valence-electron chi connectivity index (χ2n) is 6.61. The molecular weight excluding hydrogens is 309 g/mol. The fraction of sp³-hybridized carbons (Fsp3) is 0.556. The molecule has 0 aliphatic heterocycles. The maximum absolute atomic E-state index is 13.2. The SMILES string of the molecule is O=C(NCCNC(=O)C1CCCC1)N[C@@H]1CCc2cc(F)ccc21. The van der Waals surface area contributed by atoms with E-state index in [-0.39, 0.29) is 29.7 Å². The van der Waals surface area contributed by atoms with Crippen molar-refractivity contribution in [1.82, 2.24) is 16.0 Å². The highest BCUT2D eigenvalue weighted by molar-refractivity contribution is 5.79. The number of rotatable bonds is 5. The summed E-state index contributed by atoms with van der Waals surface area (Å²) in [6.07, 6.45) is 5.76. The van der Waals surface area contributed by atoms with Gasteiger partial charge in [-0.1, -0.05) is 18.9 Å². The monoisotopic (exact) mass is 333 g/mol. The van der Waals surface area contributed by atoms with E-state index in [4.69, 9.17) is 0 Å². The van der Waals surface area contributed by atoms with Crippen LogP contribution >= 0.6 is 0 Å². The van der Waals surface area contributed by atoms with E-state index in [2.05, 4.69) is 16.0 Å². The van der Waals surface area contributed by atoms with Crippen LogP contribution in [0.1, 0.15) is 49.3 Å². The lowest BCUT2D eigenvalue weighted by Crippen LogP contribution is -2.42. The summed E-state index contributed by atoms with van der Waals surface area (Å²) >= 11 is 0. The molecule has 0 saturated heterocycles. The van der Waals surface area contributed by atoms with E-state index >= 15 is 0 Å². The third-order valence-corrected chi connectivity index (χ3v) is 4.92. The summed E-state index contributed by atoms with van der Waals surface area (Å²) in [7, 11) is 0. The highest BCUT2D eigenvalue weighted by Crippen LogP contribution is 2.31. The number of hydrogen-bond donors (Lipinski definition) is 3. The summed E-state index contributed by atoms with van der Waals surface area (Å²) in [5.41, 5.74) is 1.95. The van der Waals surface area contributed by atoms with E-state index in [0.717, 1.165) is 49.7 Å². The normalized spacial score (nSPS) is 19.8. The minimum absolute atomic E-state index is 0.0753. The highest BCUT2D eigenvalue weighted by atomic mass is 19.1. The van der Waals surface area contributed by atoms with Crippen molar-refractivity contribution in [3.63, 3.8) is 0 Å². The maximum Gasteiger partial charge on any atom is 0.315 e. The van der Waals surface area contributed by atoms with Crippen molar-refractivity contribution in [3.8, 4) is 0 Å². The molecule has 130 valence electrons. The van der Waals surface area contributed by atoms with Gasteiger partial charge >= 0.3 is 6.03 Å². The van der Waals surface area contributed by atoms with Gasteiger partial charge in [-0.25, -0.2) is 9.18 Å². The lowest BCUT2D eigenvalue weighted by Gasteiger charge is -2.15. The second kappa shape index (κ2) is 7.64. The van der Waals surface area contributed by atoms with Gasteiger partial charge in [-0.05, 0) is 48.9 Å². The molecule has 0 radical (unpaired) electrons. The third kappa shape index (κ3) is 4.04. The number of carbonyl (C=O) groups excluding carboxylic acids is 2. The third-order valence-electron chi connectivity index (χ3n) is 4.92. The van der Waals surface area contributed by atoms with E-state index in [9.17, 15) is 14.0 Å². The summed E-state index contributed by atoms with van der Waals surface area (Å²) < 4.78 is 13.2. The zero-order valence-electron chi connectivity index (χ0n) is 13.7. The Hall–Kier alpha value is -2.11. The first-order chi connectivity index (χ1) is 11.6. The number of hydrogen-bond acceptors (Lipinski definition) is 2. The van der Waals surface area contributed by atoms with Crippen LogP contribution in [0.25, 0.3) is 0 Å². The van der Waals surface area contributed by atoms with E-state index in [0.29, 0.717) is 13.1 Å². The van der Waals surface area contributed by atoms with Crippen molar-refractivity contribution in [3.05, 3.63) is 35.1 Å². The van der Waals surface area contributed by atoms with Crippen LogP contribution in [0.2, 0.25) is 0 Å². The van der Waals surface area contributed by atoms with Crippen LogP contribution in [0.3, 0.4) is 0 Å². The fourth-order valence-corrected chi connectivity index (χ4v) is 3.64. The first kappa shape index (κ1) is 16.7. The molecule has 1 atom stereocenters. The van der Waals surface area contributed by atoms with E-state index in [1.807, 2.05) is 0 Å². The lowest BCUT2D eigenvalue weighted by atomic mass is 10.1. The van der Waals surface area contributed by atoms with Crippen LogP contribution in [0, 0.1) is 11.7 Å². The van der Waals surface area contributed by atoms with Crippen molar-refractivity contribution >= 4 is 11.9 Å². The van der Waals surface area contributed by atoms with Crippen molar-refractivity contribution in [2.24, 2.45) is 5.92 Å². The molecule has 24 heavy (non-hydrogen) atoms. The second-order valence-corrected chi connectivity index (χ2v) is 6.61. The molecule has 0 unspecified atom stereocenters. The fourth-order valence-electron chi connectivity index (χ4n) is 3.64. The van der Waals surface area contributed by atoms with Gasteiger partial charge in [-0.15, -0.1) is 0 Å². The molecule has 6 heteroatoms. The summed E-state index contributed by atoms with van der Waals surface area (Å²) in [6, 6.07) is 4.37. The van der Waals surface area contributed by atoms with Crippen LogP contribution in [-0.2, 0) is 11.2 Å². The summed E-state index contributed by atoms with van der Waals surface area (Å²) in [6.45, 7) is 0.836. The Morgan fingerprint density at radius 1 is 1.08 bits per heavy atom. The standard InChI is InChI=1S/C18H24FN3O2/c19-14-6-7-15-13(11-14)5-8-16(15)22-18(24)21-10-9-20-17(23)12-3-1-2-4-12/h6-7,11-12,16H,1-5,8-10H2,(H,20,23)(H2,21,22,24)/t16-/m1/s1. The number of carbonyl (C=O) groups is 2. The zero-order valence-corrected chi connectivity index (χ0v) is 13.7. The van der Waals surface area contributed by atoms with Gasteiger partial charge in [0.1, 0.15) is 5.82 Å². The minimum Gasteiger partial charge on any atom is -0.354 e. The number of amides is 3. The number of fused-ring (bicyclic) bond motifs is 1. The molecule has 2 aliphatic carbocycles.